The number of aliphatic carboxylic acids is 1. The van der Waals surface area contributed by atoms with E-state index in [9.17, 15) is 14.7 Å². The van der Waals surface area contributed by atoms with Crippen molar-refractivity contribution in [2.75, 3.05) is 38.6 Å². The van der Waals surface area contributed by atoms with Crippen LogP contribution in [0.25, 0.3) is 0 Å². The Labute approximate surface area is 129 Å². The highest BCUT2D eigenvalue weighted by Crippen LogP contribution is 2.24. The predicted molar refractivity (Wildman–Crippen MR) is 81.5 cm³/mol. The molecule has 2 rings (SSSR count). The minimum absolute atomic E-state index is 0.0304. The fourth-order valence-corrected chi connectivity index (χ4v) is 4.03. The Bertz CT molecular complexity index is 374. The molecule has 0 bridgehead atoms. The van der Waals surface area contributed by atoms with Gasteiger partial charge in [0.25, 0.3) is 0 Å². The number of hydrogen-bond donors (Lipinski definition) is 2. The maximum atomic E-state index is 12.4. The average molecular weight is 316 g/mol. The zero-order chi connectivity index (χ0) is 15.2. The number of nitrogens with one attached hydrogen (secondary N) is 1. The summed E-state index contributed by atoms with van der Waals surface area (Å²) in [6.07, 6.45) is 2.18. The zero-order valence-corrected chi connectivity index (χ0v) is 13.2. The average Bonchev–Trinajstić information content (AvgIpc) is 2.96. The van der Waals surface area contributed by atoms with Crippen LogP contribution in [-0.2, 0) is 14.3 Å². The number of nitrogens with zero attached hydrogens (tertiary/aromatic N) is 1. The monoisotopic (exact) mass is 316 g/mol. The molecule has 2 atom stereocenters. The second kappa shape index (κ2) is 8.00. The molecule has 7 heteroatoms. The Hall–Kier alpha value is -0.790. The third-order valence-corrected chi connectivity index (χ3v) is 5.51. The first kappa shape index (κ1) is 16.6. The van der Waals surface area contributed by atoms with Crippen molar-refractivity contribution in [3.05, 3.63) is 0 Å². The Morgan fingerprint density at radius 2 is 2.05 bits per heavy atom. The summed E-state index contributed by atoms with van der Waals surface area (Å²) >= 11 is 1.70. The van der Waals surface area contributed by atoms with Gasteiger partial charge >= 0.3 is 5.97 Å². The molecule has 120 valence electrons. The number of carboxylic acids is 1. The molecule has 2 heterocycles. The number of thioether (sulfide) groups is 1. The van der Waals surface area contributed by atoms with Gasteiger partial charge in [-0.1, -0.05) is 0 Å². The van der Waals surface area contributed by atoms with Crippen LogP contribution in [0, 0.1) is 5.92 Å². The highest BCUT2D eigenvalue weighted by atomic mass is 32.2. The van der Waals surface area contributed by atoms with Crippen molar-refractivity contribution in [2.45, 2.75) is 31.1 Å². The van der Waals surface area contributed by atoms with E-state index in [-0.39, 0.29) is 18.6 Å². The van der Waals surface area contributed by atoms with Crippen LogP contribution in [0.15, 0.2) is 0 Å². The van der Waals surface area contributed by atoms with E-state index in [0.29, 0.717) is 24.2 Å². The molecule has 2 N–H and O–H groups in total. The number of carbonyl (C=O) groups excluding carboxylic acids is 1. The van der Waals surface area contributed by atoms with Crippen molar-refractivity contribution in [3.8, 4) is 0 Å². The molecule has 2 saturated heterocycles. The van der Waals surface area contributed by atoms with Crippen molar-refractivity contribution in [1.29, 1.82) is 0 Å². The van der Waals surface area contributed by atoms with Gasteiger partial charge in [-0.05, 0) is 32.9 Å². The van der Waals surface area contributed by atoms with E-state index in [1.165, 1.54) is 0 Å². The van der Waals surface area contributed by atoms with Gasteiger partial charge in [0.1, 0.15) is 5.92 Å². The fourth-order valence-electron chi connectivity index (χ4n) is 2.92. The second-order valence-corrected chi connectivity index (χ2v) is 6.78. The van der Waals surface area contributed by atoms with Crippen LogP contribution in [0.4, 0.5) is 0 Å². The summed E-state index contributed by atoms with van der Waals surface area (Å²) in [5.41, 5.74) is 0. The SMILES string of the molecule is CCN(C(=O)CSC1CCNCC1)C1COCC1C(=O)O. The maximum Gasteiger partial charge on any atom is 0.311 e. The third-order valence-electron chi connectivity index (χ3n) is 4.16. The zero-order valence-electron chi connectivity index (χ0n) is 12.4. The van der Waals surface area contributed by atoms with E-state index >= 15 is 0 Å². The Balaban J connectivity index is 1.87. The molecule has 1 amide bonds. The molecule has 2 aliphatic heterocycles. The molecule has 21 heavy (non-hydrogen) atoms. The lowest BCUT2D eigenvalue weighted by atomic mass is 10.0. The van der Waals surface area contributed by atoms with Gasteiger partial charge in [-0.2, -0.15) is 0 Å². The van der Waals surface area contributed by atoms with Crippen LogP contribution in [0.2, 0.25) is 0 Å². The molecule has 0 radical (unpaired) electrons. The molecule has 0 spiro atoms. The van der Waals surface area contributed by atoms with E-state index in [1.807, 2.05) is 6.92 Å². The van der Waals surface area contributed by atoms with Crippen LogP contribution in [0.3, 0.4) is 0 Å². The fraction of sp³-hybridized carbons (Fsp3) is 0.857. The number of carbonyl (C=O) groups is 2. The lowest BCUT2D eigenvalue weighted by molar-refractivity contribution is -0.144. The van der Waals surface area contributed by atoms with E-state index in [0.717, 1.165) is 25.9 Å². The number of amides is 1. The largest absolute Gasteiger partial charge is 0.481 e. The number of carboxylic acid groups (broad SMARTS) is 1. The molecule has 0 aromatic heterocycles. The molecule has 2 fully saturated rings. The van der Waals surface area contributed by atoms with Crippen LogP contribution in [-0.4, -0.2) is 71.8 Å². The number of hydrogen-bond acceptors (Lipinski definition) is 5. The summed E-state index contributed by atoms with van der Waals surface area (Å²) in [6.45, 7) is 4.98. The molecule has 0 aromatic carbocycles. The first-order valence-corrected chi connectivity index (χ1v) is 8.60. The highest BCUT2D eigenvalue weighted by Gasteiger charge is 2.39. The van der Waals surface area contributed by atoms with Crippen molar-refractivity contribution in [2.24, 2.45) is 5.92 Å². The second-order valence-electron chi connectivity index (χ2n) is 5.49. The Morgan fingerprint density at radius 3 is 2.67 bits per heavy atom. The van der Waals surface area contributed by atoms with Gasteiger partial charge < -0.3 is 20.1 Å². The smallest absolute Gasteiger partial charge is 0.311 e. The van der Waals surface area contributed by atoms with Gasteiger partial charge in [-0.3, -0.25) is 9.59 Å². The molecule has 0 aliphatic carbocycles. The van der Waals surface area contributed by atoms with Crippen molar-refractivity contribution in [3.63, 3.8) is 0 Å². The number of likely N-dealkylation sites (N-methyl/N-ethyl adjacent to an activating group) is 1. The van der Waals surface area contributed by atoms with Crippen LogP contribution >= 0.6 is 11.8 Å². The van der Waals surface area contributed by atoms with Gasteiger partial charge in [0.05, 0.1) is 25.0 Å². The first-order valence-electron chi connectivity index (χ1n) is 7.55. The van der Waals surface area contributed by atoms with Crippen LogP contribution < -0.4 is 5.32 Å². The van der Waals surface area contributed by atoms with Gasteiger partial charge in [0.15, 0.2) is 0 Å². The van der Waals surface area contributed by atoms with E-state index in [4.69, 9.17) is 4.74 Å². The summed E-state index contributed by atoms with van der Waals surface area (Å²) < 4.78 is 5.27. The minimum atomic E-state index is -0.880. The van der Waals surface area contributed by atoms with Crippen LogP contribution in [0.1, 0.15) is 19.8 Å². The van der Waals surface area contributed by atoms with Gasteiger partial charge in [0, 0.05) is 11.8 Å². The van der Waals surface area contributed by atoms with Crippen molar-refractivity contribution >= 4 is 23.6 Å². The van der Waals surface area contributed by atoms with E-state index in [1.54, 1.807) is 16.7 Å². The minimum Gasteiger partial charge on any atom is -0.481 e. The normalized spacial score (nSPS) is 26.7. The standard InChI is InChI=1S/C14H24N2O4S/c1-2-16(12-8-20-7-11(12)14(18)19)13(17)9-21-10-3-5-15-6-4-10/h10-12,15H,2-9H2,1H3,(H,18,19). The predicted octanol–water partition coefficient (Wildman–Crippen LogP) is 0.420. The Morgan fingerprint density at radius 1 is 1.33 bits per heavy atom. The van der Waals surface area contributed by atoms with Gasteiger partial charge in [-0.25, -0.2) is 0 Å². The van der Waals surface area contributed by atoms with Gasteiger partial charge in [0.2, 0.25) is 5.91 Å². The number of rotatable bonds is 6. The molecule has 0 aromatic rings. The third kappa shape index (κ3) is 4.34. The molecule has 0 saturated carbocycles. The number of ether oxygens (including phenoxy) is 1. The Kier molecular flexibility index (Phi) is 6.32. The summed E-state index contributed by atoms with van der Waals surface area (Å²) in [4.78, 5) is 25.3. The summed E-state index contributed by atoms with van der Waals surface area (Å²) in [5.74, 6) is -1.02. The molecular formula is C14H24N2O4S. The molecule has 2 unspecified atom stereocenters. The summed E-state index contributed by atoms with van der Waals surface area (Å²) in [6, 6.07) is -0.325. The summed E-state index contributed by atoms with van der Waals surface area (Å²) in [5, 5.41) is 13.1. The first-order chi connectivity index (χ1) is 10.1. The van der Waals surface area contributed by atoms with E-state index in [2.05, 4.69) is 5.32 Å². The highest BCUT2D eigenvalue weighted by molar-refractivity contribution is 8.00. The van der Waals surface area contributed by atoms with Crippen LogP contribution in [0.5, 0.6) is 0 Å². The van der Waals surface area contributed by atoms with Gasteiger partial charge in [-0.15, -0.1) is 11.8 Å². The quantitative estimate of drug-likeness (QED) is 0.739. The van der Waals surface area contributed by atoms with Crippen molar-refractivity contribution < 1.29 is 19.4 Å². The van der Waals surface area contributed by atoms with E-state index < -0.39 is 11.9 Å². The number of piperidine rings is 1. The molecule has 6 nitrogen and oxygen atoms in total. The summed E-state index contributed by atoms with van der Waals surface area (Å²) in [7, 11) is 0. The topological polar surface area (TPSA) is 78.9 Å². The molecule has 2 aliphatic rings. The lowest BCUT2D eigenvalue weighted by Gasteiger charge is -2.30. The lowest BCUT2D eigenvalue weighted by Crippen LogP contribution is -2.47. The maximum absolute atomic E-state index is 12.4. The van der Waals surface area contributed by atoms with Crippen molar-refractivity contribution in [1.82, 2.24) is 10.2 Å². The molecular weight excluding hydrogens is 292 g/mol.